The number of fused-ring (bicyclic) bond motifs is 1. The Hall–Kier alpha value is -4.24. The van der Waals surface area contributed by atoms with Gasteiger partial charge in [-0.2, -0.15) is 14.7 Å². The van der Waals surface area contributed by atoms with Gasteiger partial charge in [0.2, 0.25) is 0 Å². The van der Waals surface area contributed by atoms with E-state index < -0.39 is 0 Å². The molecule has 176 valence electrons. The summed E-state index contributed by atoms with van der Waals surface area (Å²) in [5.41, 5.74) is 4.42. The molecule has 6 rings (SSSR count). The van der Waals surface area contributed by atoms with Crippen LogP contribution >= 0.6 is 0 Å². The first-order valence-corrected chi connectivity index (χ1v) is 11.6. The monoisotopic (exact) mass is 467 g/mol. The van der Waals surface area contributed by atoms with Crippen molar-refractivity contribution in [3.05, 3.63) is 73.2 Å². The lowest BCUT2D eigenvalue weighted by Crippen LogP contribution is -2.42. The minimum atomic E-state index is 0.134. The van der Waals surface area contributed by atoms with Crippen molar-refractivity contribution in [1.82, 2.24) is 29.4 Å². The van der Waals surface area contributed by atoms with Crippen LogP contribution in [0.3, 0.4) is 0 Å². The van der Waals surface area contributed by atoms with Crippen molar-refractivity contribution in [3.63, 3.8) is 0 Å². The van der Waals surface area contributed by atoms with Gasteiger partial charge in [0, 0.05) is 54.9 Å². The van der Waals surface area contributed by atoms with E-state index in [0.29, 0.717) is 6.61 Å². The summed E-state index contributed by atoms with van der Waals surface area (Å²) in [6.07, 6.45) is 5.61. The minimum Gasteiger partial charge on any atom is -0.497 e. The Morgan fingerprint density at radius 1 is 0.971 bits per heavy atom. The van der Waals surface area contributed by atoms with Crippen molar-refractivity contribution in [2.75, 3.05) is 31.7 Å². The van der Waals surface area contributed by atoms with E-state index in [1.165, 1.54) is 0 Å². The molecule has 0 aliphatic carbocycles. The van der Waals surface area contributed by atoms with Crippen molar-refractivity contribution in [2.45, 2.75) is 13.0 Å². The lowest BCUT2D eigenvalue weighted by Gasteiger charge is -2.32. The number of nitrogens with zero attached hydrogens (tertiary/aromatic N) is 7. The predicted octanol–water partition coefficient (Wildman–Crippen LogP) is 3.88. The zero-order chi connectivity index (χ0) is 23.8. The van der Waals surface area contributed by atoms with E-state index in [1.54, 1.807) is 24.2 Å². The van der Waals surface area contributed by atoms with Crippen LogP contribution in [0.5, 0.6) is 5.75 Å². The summed E-state index contributed by atoms with van der Waals surface area (Å²) >= 11 is 0. The Labute approximate surface area is 202 Å². The summed E-state index contributed by atoms with van der Waals surface area (Å²) in [6, 6.07) is 17.8. The van der Waals surface area contributed by atoms with Crippen LogP contribution in [0.2, 0.25) is 0 Å². The number of aromatic nitrogens is 6. The van der Waals surface area contributed by atoms with E-state index >= 15 is 0 Å². The van der Waals surface area contributed by atoms with Gasteiger partial charge >= 0.3 is 0 Å². The molecule has 1 aliphatic heterocycles. The van der Waals surface area contributed by atoms with Gasteiger partial charge in [-0.3, -0.25) is 4.98 Å². The lowest BCUT2D eigenvalue weighted by molar-refractivity contribution is 0.0528. The highest BCUT2D eigenvalue weighted by Gasteiger charge is 2.22. The third-order valence-corrected chi connectivity index (χ3v) is 6.13. The van der Waals surface area contributed by atoms with Crippen LogP contribution in [0.1, 0.15) is 6.92 Å². The molecule has 0 N–H and O–H groups in total. The summed E-state index contributed by atoms with van der Waals surface area (Å²) in [7, 11) is 1.66. The molecule has 9 heteroatoms. The van der Waals surface area contributed by atoms with Crippen LogP contribution in [-0.4, -0.2) is 62.3 Å². The van der Waals surface area contributed by atoms with Gasteiger partial charge in [-0.15, -0.1) is 0 Å². The Kier molecular flexibility index (Phi) is 5.38. The van der Waals surface area contributed by atoms with Crippen molar-refractivity contribution < 1.29 is 9.47 Å². The van der Waals surface area contributed by atoms with Gasteiger partial charge in [0.1, 0.15) is 11.6 Å². The molecule has 0 amide bonds. The number of methoxy groups -OCH3 is 1. The highest BCUT2D eigenvalue weighted by molar-refractivity contribution is 5.67. The second-order valence-electron chi connectivity index (χ2n) is 8.51. The van der Waals surface area contributed by atoms with Crippen molar-refractivity contribution >= 4 is 11.5 Å². The van der Waals surface area contributed by atoms with Crippen molar-refractivity contribution in [1.29, 1.82) is 0 Å². The first kappa shape index (κ1) is 21.3. The molecule has 1 aliphatic rings. The average molecular weight is 468 g/mol. The molecule has 35 heavy (non-hydrogen) atoms. The van der Waals surface area contributed by atoms with E-state index in [4.69, 9.17) is 24.7 Å². The fraction of sp³-hybridized carbons (Fsp3) is 0.231. The maximum Gasteiger partial charge on any atom is 0.160 e. The number of ether oxygens (including phenoxy) is 2. The fourth-order valence-corrected chi connectivity index (χ4v) is 4.37. The van der Waals surface area contributed by atoms with Crippen LogP contribution in [0.15, 0.2) is 73.2 Å². The van der Waals surface area contributed by atoms with Crippen molar-refractivity contribution in [2.24, 2.45) is 0 Å². The zero-order valence-electron chi connectivity index (χ0n) is 19.6. The van der Waals surface area contributed by atoms with Gasteiger partial charge in [-0.05, 0) is 37.3 Å². The predicted molar refractivity (Wildman–Crippen MR) is 133 cm³/mol. The zero-order valence-corrected chi connectivity index (χ0v) is 19.6. The normalized spacial score (nSPS) is 16.1. The number of anilines is 1. The van der Waals surface area contributed by atoms with E-state index in [1.807, 2.05) is 65.3 Å². The molecule has 5 heterocycles. The van der Waals surface area contributed by atoms with E-state index in [2.05, 4.69) is 16.8 Å². The Balaban J connectivity index is 1.46. The fourth-order valence-electron chi connectivity index (χ4n) is 4.37. The molecule has 1 fully saturated rings. The number of rotatable bonds is 5. The van der Waals surface area contributed by atoms with Crippen LogP contribution in [0.25, 0.3) is 34.0 Å². The number of benzene rings is 1. The summed E-state index contributed by atoms with van der Waals surface area (Å²) in [5.74, 6) is 2.48. The third-order valence-electron chi connectivity index (χ3n) is 6.13. The Bertz CT molecular complexity index is 1480. The molecule has 0 bridgehead atoms. The van der Waals surface area contributed by atoms with Gasteiger partial charge in [0.25, 0.3) is 0 Å². The summed E-state index contributed by atoms with van der Waals surface area (Å²) in [6.45, 7) is 4.31. The molecule has 4 aromatic heterocycles. The van der Waals surface area contributed by atoms with E-state index in [0.717, 1.165) is 58.6 Å². The maximum absolute atomic E-state index is 5.78. The number of hydrogen-bond donors (Lipinski definition) is 0. The highest BCUT2D eigenvalue weighted by Crippen LogP contribution is 2.27. The van der Waals surface area contributed by atoms with E-state index in [9.17, 15) is 0 Å². The summed E-state index contributed by atoms with van der Waals surface area (Å²) in [5, 5.41) is 9.71. The van der Waals surface area contributed by atoms with Crippen LogP contribution in [0.4, 0.5) is 5.82 Å². The molecule has 0 spiro atoms. The first-order valence-electron chi connectivity index (χ1n) is 11.6. The largest absolute Gasteiger partial charge is 0.497 e. The maximum atomic E-state index is 5.78. The number of morpholine rings is 1. The van der Waals surface area contributed by atoms with E-state index in [-0.39, 0.29) is 6.10 Å². The number of pyridine rings is 1. The smallest absolute Gasteiger partial charge is 0.160 e. The van der Waals surface area contributed by atoms with Gasteiger partial charge in [-0.25, -0.2) is 9.67 Å². The molecule has 9 nitrogen and oxygen atoms in total. The summed E-state index contributed by atoms with van der Waals surface area (Å²) in [4.78, 5) is 11.3. The molecule has 1 saturated heterocycles. The minimum absolute atomic E-state index is 0.134. The quantitative estimate of drug-likeness (QED) is 0.388. The Morgan fingerprint density at radius 2 is 1.86 bits per heavy atom. The van der Waals surface area contributed by atoms with Gasteiger partial charge < -0.3 is 14.4 Å². The van der Waals surface area contributed by atoms with Crippen LogP contribution in [-0.2, 0) is 4.74 Å². The molecule has 0 unspecified atom stereocenters. The Morgan fingerprint density at radius 3 is 2.69 bits per heavy atom. The second-order valence-corrected chi connectivity index (χ2v) is 8.51. The lowest BCUT2D eigenvalue weighted by atomic mass is 10.1. The van der Waals surface area contributed by atoms with Crippen molar-refractivity contribution in [3.8, 4) is 34.1 Å². The van der Waals surface area contributed by atoms with Gasteiger partial charge in [0.15, 0.2) is 11.5 Å². The SMILES string of the molecule is COc1cccc(-c2ccn(-c3cc(N4CCO[C@H](C)C4)n4nc(-c5ccncc5)cc4n3)n2)c1. The standard InChI is InChI=1S/C26H25N7O2/c1-18-17-31(12-13-35-18)26-16-24(28-25-15-23(30-33(25)26)19-6-9-27-10-7-19)32-11-8-22(29-32)20-4-3-5-21(14-20)34-2/h3-11,14-16,18H,12-13,17H2,1-2H3/t18-/m1/s1. The average Bonchev–Trinajstić information content (AvgIpc) is 3.56. The molecule has 0 radical (unpaired) electrons. The molecule has 0 saturated carbocycles. The molecule has 1 atom stereocenters. The van der Waals surface area contributed by atoms with Crippen LogP contribution < -0.4 is 9.64 Å². The number of hydrogen-bond acceptors (Lipinski definition) is 7. The third kappa shape index (κ3) is 4.10. The molecular weight excluding hydrogens is 442 g/mol. The van der Waals surface area contributed by atoms with Gasteiger partial charge in [0.05, 0.1) is 31.2 Å². The molecule has 1 aromatic carbocycles. The highest BCUT2D eigenvalue weighted by atomic mass is 16.5. The molecule has 5 aromatic rings. The first-order chi connectivity index (χ1) is 17.2. The summed E-state index contributed by atoms with van der Waals surface area (Å²) < 4.78 is 14.9. The van der Waals surface area contributed by atoms with Crippen LogP contribution in [0, 0.1) is 0 Å². The van der Waals surface area contributed by atoms with Gasteiger partial charge in [-0.1, -0.05) is 12.1 Å². The molecular formula is C26H25N7O2. The topological polar surface area (TPSA) is 82.6 Å². The second kappa shape index (κ2) is 8.84.